The summed E-state index contributed by atoms with van der Waals surface area (Å²) in [5.41, 5.74) is -0.0258. The Labute approximate surface area is 141 Å². The van der Waals surface area contributed by atoms with E-state index in [-0.39, 0.29) is 27.4 Å². The van der Waals surface area contributed by atoms with Gasteiger partial charge in [0.1, 0.15) is 0 Å². The molecule has 1 aromatic carbocycles. The summed E-state index contributed by atoms with van der Waals surface area (Å²) in [6.45, 7) is 0. The largest absolute Gasteiger partial charge is 0.387 e. The number of ether oxygens (including phenoxy) is 1. The van der Waals surface area contributed by atoms with Crippen LogP contribution in [0.1, 0.15) is 10.4 Å². The van der Waals surface area contributed by atoms with Crippen LogP contribution in [0.25, 0.3) is 0 Å². The molecule has 0 aliphatic heterocycles. The van der Waals surface area contributed by atoms with Crippen molar-refractivity contribution in [1.82, 2.24) is 14.9 Å². The molecule has 0 aliphatic carbocycles. The molecule has 0 radical (unpaired) electrons. The third kappa shape index (κ3) is 4.37. The van der Waals surface area contributed by atoms with E-state index in [0.29, 0.717) is 0 Å². The molecule has 2 aromatic rings. The Hall–Kier alpha value is -2.25. The van der Waals surface area contributed by atoms with Gasteiger partial charge in [-0.3, -0.25) is 0 Å². The summed E-state index contributed by atoms with van der Waals surface area (Å²) in [6.07, 6.45) is 2.20. The van der Waals surface area contributed by atoms with Gasteiger partial charge in [0.05, 0.1) is 28.1 Å². The molecular weight excluding hydrogens is 346 g/mol. The predicted molar refractivity (Wildman–Crippen MR) is 85.2 cm³/mol. The van der Waals surface area contributed by atoms with E-state index < -0.39 is 11.8 Å². The molecule has 0 aliphatic rings. The third-order valence-corrected chi connectivity index (χ3v) is 3.10. The highest BCUT2D eigenvalue weighted by Crippen LogP contribution is 2.25. The van der Waals surface area contributed by atoms with Gasteiger partial charge in [0.25, 0.3) is 0 Å². The van der Waals surface area contributed by atoms with Gasteiger partial charge in [-0.1, -0.05) is 29.3 Å². The molecule has 0 saturated heterocycles. The van der Waals surface area contributed by atoms with Crippen molar-refractivity contribution in [2.45, 2.75) is 0 Å². The second-order valence-corrected chi connectivity index (χ2v) is 5.33. The SMILES string of the molecule is CN(C)/C=N/c1nc(OC(=O)c2c(Cl)cccc2Cl)ncc1F. The lowest BCUT2D eigenvalue weighted by atomic mass is 10.2. The Morgan fingerprint density at radius 2 is 2.00 bits per heavy atom. The van der Waals surface area contributed by atoms with E-state index >= 15 is 0 Å². The summed E-state index contributed by atoms with van der Waals surface area (Å²) >= 11 is 11.8. The first-order valence-corrected chi connectivity index (χ1v) is 7.03. The van der Waals surface area contributed by atoms with Gasteiger partial charge in [-0.15, -0.1) is 0 Å². The molecular formula is C14H11Cl2FN4O2. The lowest BCUT2D eigenvalue weighted by Gasteiger charge is -2.07. The Balaban J connectivity index is 2.27. The summed E-state index contributed by atoms with van der Waals surface area (Å²) < 4.78 is 18.5. The molecule has 0 bridgehead atoms. The van der Waals surface area contributed by atoms with E-state index in [1.54, 1.807) is 25.1 Å². The number of halogens is 3. The average Bonchev–Trinajstić information content (AvgIpc) is 2.47. The summed E-state index contributed by atoms with van der Waals surface area (Å²) in [5, 5.41) is 0.242. The number of hydrogen-bond donors (Lipinski definition) is 0. The van der Waals surface area contributed by atoms with E-state index in [1.165, 1.54) is 18.5 Å². The molecule has 0 amide bonds. The average molecular weight is 357 g/mol. The molecule has 0 unspecified atom stereocenters. The normalized spacial score (nSPS) is 10.8. The first-order valence-electron chi connectivity index (χ1n) is 6.28. The van der Waals surface area contributed by atoms with Gasteiger partial charge in [0, 0.05) is 14.1 Å². The van der Waals surface area contributed by atoms with Gasteiger partial charge in [0.15, 0.2) is 11.6 Å². The quantitative estimate of drug-likeness (QED) is 0.477. The fraction of sp³-hybridized carbons (Fsp3) is 0.143. The van der Waals surface area contributed by atoms with Crippen molar-refractivity contribution in [1.29, 1.82) is 0 Å². The van der Waals surface area contributed by atoms with Crippen molar-refractivity contribution in [3.8, 4) is 6.01 Å². The van der Waals surface area contributed by atoms with Crippen LogP contribution < -0.4 is 4.74 Å². The van der Waals surface area contributed by atoms with E-state index in [2.05, 4.69) is 15.0 Å². The van der Waals surface area contributed by atoms with Crippen LogP contribution in [0.15, 0.2) is 29.4 Å². The van der Waals surface area contributed by atoms with Crippen molar-refractivity contribution >= 4 is 41.3 Å². The van der Waals surface area contributed by atoms with Gasteiger partial charge in [0.2, 0.25) is 0 Å². The molecule has 0 saturated carbocycles. The van der Waals surface area contributed by atoms with Gasteiger partial charge >= 0.3 is 12.0 Å². The highest BCUT2D eigenvalue weighted by molar-refractivity contribution is 6.39. The number of carbonyl (C=O) groups is 1. The molecule has 1 aromatic heterocycles. The highest BCUT2D eigenvalue weighted by Gasteiger charge is 2.18. The van der Waals surface area contributed by atoms with Crippen LogP contribution in [0.3, 0.4) is 0 Å². The van der Waals surface area contributed by atoms with Crippen molar-refractivity contribution in [3.63, 3.8) is 0 Å². The topological polar surface area (TPSA) is 67.7 Å². The molecule has 120 valence electrons. The highest BCUT2D eigenvalue weighted by atomic mass is 35.5. The molecule has 23 heavy (non-hydrogen) atoms. The summed E-state index contributed by atoms with van der Waals surface area (Å²) in [7, 11) is 3.42. The number of carbonyl (C=O) groups excluding carboxylic acids is 1. The van der Waals surface area contributed by atoms with Gasteiger partial charge in [-0.05, 0) is 12.1 Å². The fourth-order valence-corrected chi connectivity index (χ4v) is 2.03. The third-order valence-electron chi connectivity index (χ3n) is 2.47. The molecule has 0 atom stereocenters. The van der Waals surface area contributed by atoms with E-state index in [4.69, 9.17) is 27.9 Å². The van der Waals surface area contributed by atoms with Gasteiger partial charge in [-0.25, -0.2) is 19.2 Å². The van der Waals surface area contributed by atoms with Crippen LogP contribution in [0.4, 0.5) is 10.2 Å². The number of benzene rings is 1. The first-order chi connectivity index (χ1) is 10.9. The Bertz CT molecular complexity index is 748. The Kier molecular flexibility index (Phi) is 5.46. The number of hydrogen-bond acceptors (Lipinski definition) is 5. The second-order valence-electron chi connectivity index (χ2n) is 4.52. The number of rotatable bonds is 4. The fourth-order valence-electron chi connectivity index (χ4n) is 1.48. The number of aromatic nitrogens is 2. The van der Waals surface area contributed by atoms with Crippen LogP contribution in [-0.2, 0) is 0 Å². The van der Waals surface area contributed by atoms with Crippen molar-refractivity contribution in [2.75, 3.05) is 14.1 Å². The van der Waals surface area contributed by atoms with E-state index in [0.717, 1.165) is 6.20 Å². The minimum atomic E-state index is -0.852. The first kappa shape index (κ1) is 17.1. The van der Waals surface area contributed by atoms with E-state index in [1.807, 2.05) is 0 Å². The zero-order valence-electron chi connectivity index (χ0n) is 12.1. The molecule has 1 heterocycles. The maximum atomic E-state index is 13.6. The molecule has 0 spiro atoms. The second kappa shape index (κ2) is 7.34. The minimum Gasteiger partial charge on any atom is -0.387 e. The molecule has 2 rings (SSSR count). The predicted octanol–water partition coefficient (Wildman–Crippen LogP) is 3.36. The lowest BCUT2D eigenvalue weighted by molar-refractivity contribution is 0.0719. The van der Waals surface area contributed by atoms with Gasteiger partial charge < -0.3 is 9.64 Å². The van der Waals surface area contributed by atoms with Crippen LogP contribution in [0.2, 0.25) is 10.0 Å². The molecule has 0 fully saturated rings. The Morgan fingerprint density at radius 3 is 2.61 bits per heavy atom. The zero-order chi connectivity index (χ0) is 17.0. The summed E-state index contributed by atoms with van der Waals surface area (Å²) in [6, 6.07) is 4.20. The van der Waals surface area contributed by atoms with Crippen LogP contribution in [-0.4, -0.2) is 41.3 Å². The number of aliphatic imine (C=N–C) groups is 1. The lowest BCUT2D eigenvalue weighted by Crippen LogP contribution is -2.12. The zero-order valence-corrected chi connectivity index (χ0v) is 13.6. The molecule has 0 N–H and O–H groups in total. The maximum absolute atomic E-state index is 13.6. The standard InChI is InChI=1S/C14H11Cl2FN4O2/c1-21(2)7-19-12-10(17)6-18-14(20-12)23-13(22)11-8(15)4-3-5-9(11)16/h3-7H,1-2H3/b19-7+. The Morgan fingerprint density at radius 1 is 1.35 bits per heavy atom. The van der Waals surface area contributed by atoms with Crippen molar-refractivity contribution in [3.05, 3.63) is 45.8 Å². The number of esters is 1. The minimum absolute atomic E-state index is 0.0258. The smallest absolute Gasteiger partial charge is 0.349 e. The van der Waals surface area contributed by atoms with Crippen LogP contribution in [0, 0.1) is 5.82 Å². The molecule has 9 heteroatoms. The monoisotopic (exact) mass is 356 g/mol. The number of nitrogens with zero attached hydrogens (tertiary/aromatic N) is 4. The molecule has 6 nitrogen and oxygen atoms in total. The van der Waals surface area contributed by atoms with E-state index in [9.17, 15) is 9.18 Å². The van der Waals surface area contributed by atoms with Gasteiger partial charge in [-0.2, -0.15) is 4.98 Å². The maximum Gasteiger partial charge on any atom is 0.349 e. The van der Waals surface area contributed by atoms with Crippen LogP contribution in [0.5, 0.6) is 6.01 Å². The summed E-state index contributed by atoms with van der Waals surface area (Å²) in [4.78, 5) is 24.8. The van der Waals surface area contributed by atoms with Crippen LogP contribution >= 0.6 is 23.2 Å². The van der Waals surface area contributed by atoms with Crippen molar-refractivity contribution < 1.29 is 13.9 Å². The summed E-state index contributed by atoms with van der Waals surface area (Å²) in [5.74, 6) is -1.87. The van der Waals surface area contributed by atoms with Crippen molar-refractivity contribution in [2.24, 2.45) is 4.99 Å².